The van der Waals surface area contributed by atoms with Gasteiger partial charge < -0.3 is 24.3 Å². The summed E-state index contributed by atoms with van der Waals surface area (Å²) in [5.41, 5.74) is 1.07. The van der Waals surface area contributed by atoms with E-state index in [1.54, 1.807) is 21.3 Å². The molecule has 0 aliphatic heterocycles. The Labute approximate surface area is 114 Å². The number of rotatable bonds is 9. The van der Waals surface area contributed by atoms with Gasteiger partial charge in [0.1, 0.15) is 11.5 Å². The Kier molecular flexibility index (Phi) is 7.25. The van der Waals surface area contributed by atoms with Crippen LogP contribution in [-0.4, -0.2) is 48.2 Å². The van der Waals surface area contributed by atoms with Gasteiger partial charge in [0.15, 0.2) is 0 Å². The first-order valence-corrected chi connectivity index (χ1v) is 6.22. The van der Waals surface area contributed by atoms with E-state index in [4.69, 9.17) is 18.9 Å². The van der Waals surface area contributed by atoms with Crippen molar-refractivity contribution in [3.05, 3.63) is 23.8 Å². The molecule has 1 rings (SSSR count). The Morgan fingerprint density at radius 2 is 1.63 bits per heavy atom. The summed E-state index contributed by atoms with van der Waals surface area (Å²) in [7, 11) is 6.84. The fraction of sp³-hybridized carbons (Fsp3) is 0.571. The van der Waals surface area contributed by atoms with Gasteiger partial charge in [0.25, 0.3) is 0 Å². The average Bonchev–Trinajstić information content (AvgIpc) is 2.46. The van der Waals surface area contributed by atoms with Crippen LogP contribution in [-0.2, 0) is 9.47 Å². The topological polar surface area (TPSA) is 49.0 Å². The molecule has 1 N–H and O–H groups in total. The van der Waals surface area contributed by atoms with Gasteiger partial charge in [-0.25, -0.2) is 0 Å². The van der Waals surface area contributed by atoms with Crippen molar-refractivity contribution < 1.29 is 18.9 Å². The molecule has 5 heteroatoms. The van der Waals surface area contributed by atoms with Crippen LogP contribution in [0, 0.1) is 0 Å². The van der Waals surface area contributed by atoms with Gasteiger partial charge in [-0.3, -0.25) is 0 Å². The second-order valence-corrected chi connectivity index (χ2v) is 4.05. The molecule has 0 aliphatic carbocycles. The molecular formula is C14H23NO4. The van der Waals surface area contributed by atoms with E-state index in [0.717, 1.165) is 17.1 Å². The Morgan fingerprint density at radius 3 is 2.11 bits per heavy atom. The van der Waals surface area contributed by atoms with E-state index in [2.05, 4.69) is 5.32 Å². The monoisotopic (exact) mass is 269 g/mol. The molecule has 5 nitrogen and oxygen atoms in total. The van der Waals surface area contributed by atoms with Gasteiger partial charge in [-0.2, -0.15) is 0 Å². The van der Waals surface area contributed by atoms with Crippen molar-refractivity contribution in [1.82, 2.24) is 5.32 Å². The van der Waals surface area contributed by atoms with Crippen molar-refractivity contribution in [2.24, 2.45) is 0 Å². The van der Waals surface area contributed by atoms with Crippen LogP contribution in [0.25, 0.3) is 0 Å². The molecule has 0 saturated carbocycles. The molecule has 1 atom stereocenters. The second-order valence-electron chi connectivity index (χ2n) is 4.05. The van der Waals surface area contributed by atoms with E-state index in [-0.39, 0.29) is 6.04 Å². The molecule has 0 aliphatic rings. The number of nitrogens with one attached hydrogen (secondary N) is 1. The molecule has 0 aromatic heterocycles. The molecule has 19 heavy (non-hydrogen) atoms. The quantitative estimate of drug-likeness (QED) is 0.690. The van der Waals surface area contributed by atoms with Crippen LogP contribution in [0.2, 0.25) is 0 Å². The molecule has 0 heterocycles. The van der Waals surface area contributed by atoms with Gasteiger partial charge in [0, 0.05) is 13.2 Å². The number of hydrogen-bond acceptors (Lipinski definition) is 5. The van der Waals surface area contributed by atoms with Crippen molar-refractivity contribution in [2.45, 2.75) is 6.04 Å². The van der Waals surface area contributed by atoms with E-state index >= 15 is 0 Å². The lowest BCUT2D eigenvalue weighted by Crippen LogP contribution is -2.22. The number of methoxy groups -OCH3 is 3. The van der Waals surface area contributed by atoms with Crippen LogP contribution >= 0.6 is 0 Å². The zero-order chi connectivity index (χ0) is 14.1. The van der Waals surface area contributed by atoms with Crippen molar-refractivity contribution in [2.75, 3.05) is 48.2 Å². The maximum Gasteiger partial charge on any atom is 0.122 e. The first-order valence-electron chi connectivity index (χ1n) is 6.22. The molecule has 0 radical (unpaired) electrons. The molecule has 0 saturated heterocycles. The Balaban J connectivity index is 2.73. The molecule has 108 valence electrons. The summed E-state index contributed by atoms with van der Waals surface area (Å²) >= 11 is 0. The van der Waals surface area contributed by atoms with Crippen LogP contribution in [0.4, 0.5) is 0 Å². The van der Waals surface area contributed by atoms with E-state index in [9.17, 15) is 0 Å². The van der Waals surface area contributed by atoms with Crippen LogP contribution in [0.5, 0.6) is 11.5 Å². The highest BCUT2D eigenvalue weighted by Gasteiger charge is 2.12. The second kappa shape index (κ2) is 8.74. The number of hydrogen-bond donors (Lipinski definition) is 1. The van der Waals surface area contributed by atoms with Gasteiger partial charge in [0.2, 0.25) is 0 Å². The molecule has 0 fully saturated rings. The lowest BCUT2D eigenvalue weighted by Gasteiger charge is -2.18. The van der Waals surface area contributed by atoms with Gasteiger partial charge in [-0.15, -0.1) is 0 Å². The highest BCUT2D eigenvalue weighted by Crippen LogP contribution is 2.26. The van der Waals surface area contributed by atoms with Gasteiger partial charge in [0.05, 0.1) is 40.1 Å². The minimum atomic E-state index is 0.0841. The van der Waals surface area contributed by atoms with Crippen molar-refractivity contribution in [1.29, 1.82) is 0 Å². The lowest BCUT2D eigenvalue weighted by atomic mass is 10.1. The highest BCUT2D eigenvalue weighted by atomic mass is 16.5. The number of likely N-dealkylation sites (N-methyl/N-ethyl adjacent to an activating group) is 1. The number of benzene rings is 1. The van der Waals surface area contributed by atoms with Crippen molar-refractivity contribution in [3.63, 3.8) is 0 Å². The summed E-state index contributed by atoms with van der Waals surface area (Å²) in [6.07, 6.45) is 0. The summed E-state index contributed by atoms with van der Waals surface area (Å²) in [5.74, 6) is 1.54. The summed E-state index contributed by atoms with van der Waals surface area (Å²) in [6.45, 7) is 1.74. The summed E-state index contributed by atoms with van der Waals surface area (Å²) in [4.78, 5) is 0. The van der Waals surface area contributed by atoms with Gasteiger partial charge >= 0.3 is 0 Å². The van der Waals surface area contributed by atoms with Gasteiger partial charge in [-0.1, -0.05) is 0 Å². The first kappa shape index (κ1) is 15.8. The lowest BCUT2D eigenvalue weighted by molar-refractivity contribution is 0.0596. The standard InChI is InChI=1S/C14H23NO4/c1-15-14(10-19-6-5-16-2)11-7-12(17-3)9-13(8-11)18-4/h7-9,14-15H,5-6,10H2,1-4H3. The Hall–Kier alpha value is -1.30. The third kappa shape index (κ3) is 5.06. The zero-order valence-electron chi connectivity index (χ0n) is 12.1. The minimum absolute atomic E-state index is 0.0841. The first-order chi connectivity index (χ1) is 9.24. The van der Waals surface area contributed by atoms with Gasteiger partial charge in [-0.05, 0) is 24.7 Å². The zero-order valence-corrected chi connectivity index (χ0v) is 12.1. The maximum absolute atomic E-state index is 5.56. The van der Waals surface area contributed by atoms with Crippen molar-refractivity contribution in [3.8, 4) is 11.5 Å². The average molecular weight is 269 g/mol. The molecule has 1 aromatic rings. The fourth-order valence-electron chi connectivity index (χ4n) is 1.72. The van der Waals surface area contributed by atoms with Crippen LogP contribution in [0.3, 0.4) is 0 Å². The Bertz CT molecular complexity index is 348. The molecular weight excluding hydrogens is 246 g/mol. The van der Waals surface area contributed by atoms with Crippen LogP contribution in [0.15, 0.2) is 18.2 Å². The predicted molar refractivity (Wildman–Crippen MR) is 74.0 cm³/mol. The van der Waals surface area contributed by atoms with Crippen molar-refractivity contribution >= 4 is 0 Å². The minimum Gasteiger partial charge on any atom is -0.497 e. The maximum atomic E-state index is 5.56. The predicted octanol–water partition coefficient (Wildman–Crippen LogP) is 1.63. The normalized spacial score (nSPS) is 12.2. The molecule has 0 amide bonds. The molecule has 1 unspecified atom stereocenters. The summed E-state index contributed by atoms with van der Waals surface area (Å²) in [5, 5.41) is 3.22. The van der Waals surface area contributed by atoms with E-state index in [1.807, 2.05) is 25.2 Å². The van der Waals surface area contributed by atoms with E-state index in [0.29, 0.717) is 19.8 Å². The van der Waals surface area contributed by atoms with E-state index in [1.165, 1.54) is 0 Å². The highest BCUT2D eigenvalue weighted by molar-refractivity contribution is 5.39. The molecule has 1 aromatic carbocycles. The SMILES string of the molecule is CNC(COCCOC)c1cc(OC)cc(OC)c1. The van der Waals surface area contributed by atoms with E-state index < -0.39 is 0 Å². The molecule has 0 bridgehead atoms. The Morgan fingerprint density at radius 1 is 1.00 bits per heavy atom. The third-order valence-corrected chi connectivity index (χ3v) is 2.84. The number of ether oxygens (including phenoxy) is 4. The summed E-state index contributed by atoms with van der Waals surface area (Å²) < 4.78 is 21.0. The summed E-state index contributed by atoms with van der Waals surface area (Å²) in [6, 6.07) is 5.88. The van der Waals surface area contributed by atoms with Crippen LogP contribution in [0.1, 0.15) is 11.6 Å². The fourth-order valence-corrected chi connectivity index (χ4v) is 1.72. The largest absolute Gasteiger partial charge is 0.497 e. The van der Waals surface area contributed by atoms with Crippen LogP contribution < -0.4 is 14.8 Å². The third-order valence-electron chi connectivity index (χ3n) is 2.84. The smallest absolute Gasteiger partial charge is 0.122 e. The molecule has 0 spiro atoms.